The van der Waals surface area contributed by atoms with Crippen LogP contribution in [0.25, 0.3) is 0 Å². The first-order chi connectivity index (χ1) is 9.35. The van der Waals surface area contributed by atoms with Crippen LogP contribution in [-0.2, 0) is 6.54 Å². The first kappa shape index (κ1) is 12.9. The fourth-order valence-corrected chi connectivity index (χ4v) is 2.79. The molecule has 1 N–H and O–H groups in total. The largest absolute Gasteiger partial charge is 0.369 e. The van der Waals surface area contributed by atoms with Crippen molar-refractivity contribution in [2.45, 2.75) is 19.4 Å². The van der Waals surface area contributed by atoms with Gasteiger partial charge in [0.25, 0.3) is 0 Å². The summed E-state index contributed by atoms with van der Waals surface area (Å²) in [6.45, 7) is 6.89. The van der Waals surface area contributed by atoms with Gasteiger partial charge in [-0.3, -0.25) is 9.88 Å². The summed E-state index contributed by atoms with van der Waals surface area (Å²) in [5.41, 5.74) is 2.45. The Kier molecular flexibility index (Phi) is 3.99. The van der Waals surface area contributed by atoms with Gasteiger partial charge in [0.1, 0.15) is 0 Å². The average molecular weight is 260 g/mol. The van der Waals surface area contributed by atoms with Crippen LogP contribution in [0.15, 0.2) is 18.3 Å². The van der Waals surface area contributed by atoms with Crippen LogP contribution in [0.5, 0.6) is 0 Å². The van der Waals surface area contributed by atoms with Gasteiger partial charge in [-0.25, -0.2) is 0 Å². The smallest absolute Gasteiger partial charge is 0.0562 e. The van der Waals surface area contributed by atoms with E-state index in [1.54, 1.807) is 0 Å². The number of hydrogen-bond donors (Lipinski definition) is 1. The molecule has 2 heterocycles. The predicted octanol–water partition coefficient (Wildman–Crippen LogP) is 1.33. The number of aromatic nitrogens is 1. The number of nitrogens with zero attached hydrogens (tertiary/aromatic N) is 3. The molecule has 104 valence electrons. The Morgan fingerprint density at radius 1 is 1.26 bits per heavy atom. The number of pyridine rings is 1. The highest BCUT2D eigenvalue weighted by Crippen LogP contribution is 2.30. The SMILES string of the molecule is CNCc1cc(N2CCN(CC3CC3)CC2)ccn1. The van der Waals surface area contributed by atoms with Crippen LogP contribution in [0, 0.1) is 5.92 Å². The van der Waals surface area contributed by atoms with E-state index in [9.17, 15) is 0 Å². The van der Waals surface area contributed by atoms with E-state index in [2.05, 4.69) is 32.2 Å². The molecule has 19 heavy (non-hydrogen) atoms. The normalized spacial score (nSPS) is 20.8. The molecule has 1 saturated carbocycles. The van der Waals surface area contributed by atoms with Crippen molar-refractivity contribution < 1.29 is 0 Å². The van der Waals surface area contributed by atoms with E-state index in [0.29, 0.717) is 0 Å². The van der Waals surface area contributed by atoms with Gasteiger partial charge in [-0.1, -0.05) is 0 Å². The van der Waals surface area contributed by atoms with Crippen molar-refractivity contribution in [1.82, 2.24) is 15.2 Å². The molecule has 0 amide bonds. The molecule has 0 bridgehead atoms. The lowest BCUT2D eigenvalue weighted by atomic mass is 10.2. The van der Waals surface area contributed by atoms with E-state index in [0.717, 1.165) is 31.2 Å². The molecule has 0 spiro atoms. The second-order valence-electron chi connectivity index (χ2n) is 5.77. The fraction of sp³-hybridized carbons (Fsp3) is 0.667. The Morgan fingerprint density at radius 3 is 2.74 bits per heavy atom. The summed E-state index contributed by atoms with van der Waals surface area (Å²) < 4.78 is 0. The van der Waals surface area contributed by atoms with Crippen molar-refractivity contribution in [2.75, 3.05) is 44.7 Å². The zero-order valence-corrected chi connectivity index (χ0v) is 11.8. The van der Waals surface area contributed by atoms with Gasteiger partial charge >= 0.3 is 0 Å². The Labute approximate surface area is 115 Å². The van der Waals surface area contributed by atoms with Crippen molar-refractivity contribution in [3.8, 4) is 0 Å². The summed E-state index contributed by atoms with van der Waals surface area (Å²) in [6, 6.07) is 4.35. The maximum atomic E-state index is 4.39. The van der Waals surface area contributed by atoms with Crippen LogP contribution in [0.2, 0.25) is 0 Å². The third kappa shape index (κ3) is 3.45. The minimum absolute atomic E-state index is 0.843. The standard InChI is InChI=1S/C15H24N4/c1-16-11-14-10-15(4-5-17-14)19-8-6-18(7-9-19)12-13-2-3-13/h4-5,10,13,16H,2-3,6-9,11-12H2,1H3. The molecule has 2 aliphatic rings. The van der Waals surface area contributed by atoms with E-state index in [4.69, 9.17) is 0 Å². The van der Waals surface area contributed by atoms with E-state index < -0.39 is 0 Å². The van der Waals surface area contributed by atoms with Crippen LogP contribution in [-0.4, -0.2) is 49.7 Å². The van der Waals surface area contributed by atoms with Crippen LogP contribution in [0.1, 0.15) is 18.5 Å². The molecular weight excluding hydrogens is 236 g/mol. The molecule has 0 atom stereocenters. The lowest BCUT2D eigenvalue weighted by Crippen LogP contribution is -2.47. The monoisotopic (exact) mass is 260 g/mol. The average Bonchev–Trinajstić information content (AvgIpc) is 3.24. The van der Waals surface area contributed by atoms with E-state index >= 15 is 0 Å². The van der Waals surface area contributed by atoms with Crippen molar-refractivity contribution in [3.63, 3.8) is 0 Å². The van der Waals surface area contributed by atoms with E-state index in [1.165, 1.54) is 38.2 Å². The molecule has 1 aromatic heterocycles. The summed E-state index contributed by atoms with van der Waals surface area (Å²) >= 11 is 0. The number of anilines is 1. The van der Waals surface area contributed by atoms with Gasteiger partial charge in [0, 0.05) is 51.2 Å². The predicted molar refractivity (Wildman–Crippen MR) is 78.4 cm³/mol. The van der Waals surface area contributed by atoms with Crippen LogP contribution >= 0.6 is 0 Å². The molecule has 4 nitrogen and oxygen atoms in total. The van der Waals surface area contributed by atoms with Gasteiger partial charge in [0.2, 0.25) is 0 Å². The summed E-state index contributed by atoms with van der Waals surface area (Å²) in [6.07, 6.45) is 4.84. The highest BCUT2D eigenvalue weighted by atomic mass is 15.3. The second-order valence-corrected chi connectivity index (χ2v) is 5.77. The topological polar surface area (TPSA) is 31.4 Å². The maximum absolute atomic E-state index is 4.39. The van der Waals surface area contributed by atoms with Crippen molar-refractivity contribution >= 4 is 5.69 Å². The van der Waals surface area contributed by atoms with Crippen LogP contribution in [0.4, 0.5) is 5.69 Å². The first-order valence-electron chi connectivity index (χ1n) is 7.42. The number of hydrogen-bond acceptors (Lipinski definition) is 4. The molecule has 1 saturated heterocycles. The fourth-order valence-electron chi connectivity index (χ4n) is 2.79. The minimum atomic E-state index is 0.843. The Balaban J connectivity index is 1.56. The summed E-state index contributed by atoms with van der Waals surface area (Å²) in [5.74, 6) is 1.01. The molecule has 4 heteroatoms. The van der Waals surface area contributed by atoms with Crippen molar-refractivity contribution in [3.05, 3.63) is 24.0 Å². The van der Waals surface area contributed by atoms with Crippen LogP contribution in [0.3, 0.4) is 0 Å². The zero-order valence-electron chi connectivity index (χ0n) is 11.8. The molecule has 2 fully saturated rings. The Bertz CT molecular complexity index is 408. The van der Waals surface area contributed by atoms with Gasteiger partial charge in [0.15, 0.2) is 0 Å². The molecule has 1 aliphatic heterocycles. The summed E-state index contributed by atoms with van der Waals surface area (Å²) in [7, 11) is 1.96. The summed E-state index contributed by atoms with van der Waals surface area (Å²) in [4.78, 5) is 9.51. The molecule has 3 rings (SSSR count). The quantitative estimate of drug-likeness (QED) is 0.865. The molecule has 0 radical (unpaired) electrons. The number of nitrogens with one attached hydrogen (secondary N) is 1. The first-order valence-corrected chi connectivity index (χ1v) is 7.42. The lowest BCUT2D eigenvalue weighted by Gasteiger charge is -2.36. The van der Waals surface area contributed by atoms with Gasteiger partial charge in [-0.15, -0.1) is 0 Å². The van der Waals surface area contributed by atoms with Crippen molar-refractivity contribution in [2.24, 2.45) is 5.92 Å². The highest BCUT2D eigenvalue weighted by molar-refractivity contribution is 5.47. The molecular formula is C15H24N4. The number of rotatable bonds is 5. The molecule has 1 aliphatic carbocycles. The summed E-state index contributed by atoms with van der Waals surface area (Å²) in [5, 5.41) is 3.16. The third-order valence-corrected chi connectivity index (χ3v) is 4.11. The van der Waals surface area contributed by atoms with Crippen LogP contribution < -0.4 is 10.2 Å². The molecule has 0 unspecified atom stereocenters. The Morgan fingerprint density at radius 2 is 2.05 bits per heavy atom. The highest BCUT2D eigenvalue weighted by Gasteiger charge is 2.26. The van der Waals surface area contributed by atoms with Gasteiger partial charge in [0.05, 0.1) is 5.69 Å². The molecule has 1 aromatic rings. The van der Waals surface area contributed by atoms with E-state index in [-0.39, 0.29) is 0 Å². The minimum Gasteiger partial charge on any atom is -0.369 e. The van der Waals surface area contributed by atoms with Gasteiger partial charge in [-0.2, -0.15) is 0 Å². The second kappa shape index (κ2) is 5.88. The molecule has 0 aromatic carbocycles. The number of piperazine rings is 1. The van der Waals surface area contributed by atoms with Crippen molar-refractivity contribution in [1.29, 1.82) is 0 Å². The Hall–Kier alpha value is -1.13. The maximum Gasteiger partial charge on any atom is 0.0562 e. The van der Waals surface area contributed by atoms with E-state index in [1.807, 2.05) is 13.2 Å². The third-order valence-electron chi connectivity index (χ3n) is 4.11. The van der Waals surface area contributed by atoms with Gasteiger partial charge < -0.3 is 10.2 Å². The lowest BCUT2D eigenvalue weighted by molar-refractivity contribution is 0.248. The zero-order chi connectivity index (χ0) is 13.1. The van der Waals surface area contributed by atoms with Gasteiger partial charge in [-0.05, 0) is 37.9 Å².